The van der Waals surface area contributed by atoms with Crippen LogP contribution in [0.15, 0.2) is 91.0 Å². The van der Waals surface area contributed by atoms with E-state index in [1.807, 2.05) is 91.0 Å². The third-order valence-electron chi connectivity index (χ3n) is 5.39. The molecule has 0 heterocycles. The van der Waals surface area contributed by atoms with Crippen LogP contribution in [-0.4, -0.2) is 22.6 Å². The Balaban J connectivity index is 2.06. The molecule has 168 valence electrons. The molecule has 3 nitrogen and oxygen atoms in total. The van der Waals surface area contributed by atoms with Gasteiger partial charge in [0.25, 0.3) is 0 Å². The Kier molecular flexibility index (Phi) is 7.81. The van der Waals surface area contributed by atoms with Crippen LogP contribution in [0.2, 0.25) is 0 Å². The van der Waals surface area contributed by atoms with E-state index in [4.69, 9.17) is 4.74 Å². The molecule has 0 fully saturated rings. The Labute approximate surface area is 190 Å². The van der Waals surface area contributed by atoms with Crippen molar-refractivity contribution in [3.8, 4) is 0 Å². The van der Waals surface area contributed by atoms with Crippen molar-refractivity contribution in [3.05, 3.63) is 108 Å². The summed E-state index contributed by atoms with van der Waals surface area (Å²) in [7, 11) is 0. The normalized spacial score (nSPS) is 14.6. The molecule has 0 aliphatic rings. The first kappa shape index (κ1) is 23.7. The second-order valence-corrected chi connectivity index (χ2v) is 9.04. The number of halogens is 1. The largest absolute Gasteiger partial charge is 0.458 e. The monoisotopic (exact) mass is 433 g/mol. The number of hydrogen-bond acceptors (Lipinski definition) is 3. The lowest BCUT2D eigenvalue weighted by Crippen LogP contribution is -2.42. The van der Waals surface area contributed by atoms with E-state index < -0.39 is 23.8 Å². The molecule has 0 saturated heterocycles. The molecule has 0 radical (unpaired) electrons. The summed E-state index contributed by atoms with van der Waals surface area (Å²) in [5.74, 6) is -0.843. The summed E-state index contributed by atoms with van der Waals surface area (Å²) in [6.45, 7) is 7.80. The van der Waals surface area contributed by atoms with Crippen molar-refractivity contribution < 1.29 is 13.9 Å². The van der Waals surface area contributed by atoms with Gasteiger partial charge < -0.3 is 4.74 Å². The topological polar surface area (TPSA) is 29.5 Å². The van der Waals surface area contributed by atoms with Crippen molar-refractivity contribution >= 4 is 5.97 Å². The minimum absolute atomic E-state index is 0.137. The Hall–Kier alpha value is -2.98. The lowest BCUT2D eigenvalue weighted by molar-refractivity contribution is -0.164. The molecular formula is C28H32FNO2. The molecule has 32 heavy (non-hydrogen) atoms. The van der Waals surface area contributed by atoms with Crippen molar-refractivity contribution in [1.82, 2.24) is 4.90 Å². The molecule has 3 aromatic rings. The van der Waals surface area contributed by atoms with Crippen molar-refractivity contribution in [1.29, 1.82) is 0 Å². The van der Waals surface area contributed by atoms with Gasteiger partial charge in [0.2, 0.25) is 6.17 Å². The minimum atomic E-state index is -1.84. The number of alkyl halides is 1. The number of rotatable bonds is 8. The number of nitrogens with zero attached hydrogens (tertiary/aromatic N) is 1. The number of benzene rings is 3. The number of ether oxygens (including phenoxy) is 1. The Morgan fingerprint density at radius 1 is 0.844 bits per heavy atom. The molecule has 4 heteroatoms. The molecule has 0 bridgehead atoms. The third kappa shape index (κ3) is 6.27. The van der Waals surface area contributed by atoms with Gasteiger partial charge in [0.05, 0.1) is 6.04 Å². The fraction of sp³-hybridized carbons (Fsp3) is 0.321. The summed E-state index contributed by atoms with van der Waals surface area (Å²) < 4.78 is 21.4. The highest BCUT2D eigenvalue weighted by Gasteiger charge is 2.39. The van der Waals surface area contributed by atoms with Crippen molar-refractivity contribution in [3.63, 3.8) is 0 Å². The summed E-state index contributed by atoms with van der Waals surface area (Å²) in [4.78, 5) is 14.9. The molecule has 0 saturated carbocycles. The zero-order valence-corrected chi connectivity index (χ0v) is 19.2. The van der Waals surface area contributed by atoms with E-state index >= 15 is 4.39 Å². The van der Waals surface area contributed by atoms with Gasteiger partial charge in [-0.3, -0.25) is 4.90 Å². The maximum atomic E-state index is 16.0. The first-order valence-corrected chi connectivity index (χ1v) is 11.0. The van der Waals surface area contributed by atoms with Gasteiger partial charge in [-0.1, -0.05) is 91.0 Å². The quantitative estimate of drug-likeness (QED) is 0.372. The van der Waals surface area contributed by atoms with Crippen molar-refractivity contribution in [2.75, 3.05) is 0 Å². The number of esters is 1. The minimum Gasteiger partial charge on any atom is -0.458 e. The molecule has 3 aromatic carbocycles. The van der Waals surface area contributed by atoms with Crippen LogP contribution in [0.1, 0.15) is 56.5 Å². The standard InChI is InChI=1S/C28H32FNO2/c1-21(23-16-10-6-11-17-23)30(20-22-14-8-5-9-15-22)26(24-18-12-7-13-19-24)25(29)27(31)32-28(2,3)4/h5-19,21,25-26H,20H2,1-4H3/t21-,25-,26-/m0/s1. The van der Waals surface area contributed by atoms with Gasteiger partial charge in [0.1, 0.15) is 5.60 Å². The average Bonchev–Trinajstić information content (AvgIpc) is 2.79. The molecule has 0 unspecified atom stereocenters. The van der Waals surface area contributed by atoms with Crippen LogP contribution >= 0.6 is 0 Å². The van der Waals surface area contributed by atoms with Crippen LogP contribution < -0.4 is 0 Å². The summed E-state index contributed by atoms with van der Waals surface area (Å²) in [6.07, 6.45) is -1.84. The predicted molar refractivity (Wildman–Crippen MR) is 127 cm³/mol. The van der Waals surface area contributed by atoms with Crippen LogP contribution in [0, 0.1) is 0 Å². The van der Waals surface area contributed by atoms with Crippen LogP contribution in [0.25, 0.3) is 0 Å². The van der Waals surface area contributed by atoms with E-state index in [-0.39, 0.29) is 6.04 Å². The van der Waals surface area contributed by atoms with E-state index in [0.717, 1.165) is 16.7 Å². The zero-order chi connectivity index (χ0) is 23.1. The molecule has 3 rings (SSSR count). The van der Waals surface area contributed by atoms with E-state index in [1.165, 1.54) is 0 Å². The molecule has 0 spiro atoms. The number of carbonyl (C=O) groups is 1. The van der Waals surface area contributed by atoms with Gasteiger partial charge in [0.15, 0.2) is 0 Å². The van der Waals surface area contributed by atoms with Gasteiger partial charge in [-0.25, -0.2) is 9.18 Å². The van der Waals surface area contributed by atoms with Gasteiger partial charge >= 0.3 is 5.97 Å². The van der Waals surface area contributed by atoms with Crippen molar-refractivity contribution in [2.45, 2.75) is 58.1 Å². The van der Waals surface area contributed by atoms with Crippen LogP contribution in [0.4, 0.5) is 4.39 Å². The summed E-state index contributed by atoms with van der Waals surface area (Å²) in [5, 5.41) is 0. The highest BCUT2D eigenvalue weighted by atomic mass is 19.1. The molecule has 0 aromatic heterocycles. The van der Waals surface area contributed by atoms with E-state index in [9.17, 15) is 4.79 Å². The first-order valence-electron chi connectivity index (χ1n) is 11.0. The Bertz CT molecular complexity index is 971. The summed E-state index contributed by atoms with van der Waals surface area (Å²) >= 11 is 0. The van der Waals surface area contributed by atoms with Crippen LogP contribution in [0.5, 0.6) is 0 Å². The third-order valence-corrected chi connectivity index (χ3v) is 5.39. The van der Waals surface area contributed by atoms with Gasteiger partial charge in [0, 0.05) is 12.6 Å². The maximum absolute atomic E-state index is 16.0. The van der Waals surface area contributed by atoms with E-state index in [0.29, 0.717) is 6.54 Å². The Morgan fingerprint density at radius 2 is 1.31 bits per heavy atom. The molecule has 3 atom stereocenters. The summed E-state index contributed by atoms with van der Waals surface area (Å²) in [5.41, 5.74) is 2.08. The number of hydrogen-bond donors (Lipinski definition) is 0. The number of carbonyl (C=O) groups excluding carboxylic acids is 1. The molecule has 0 aliphatic heterocycles. The molecule has 0 amide bonds. The molecule has 0 N–H and O–H groups in total. The zero-order valence-electron chi connectivity index (χ0n) is 19.2. The maximum Gasteiger partial charge on any atom is 0.343 e. The van der Waals surface area contributed by atoms with Crippen LogP contribution in [0.3, 0.4) is 0 Å². The lowest BCUT2D eigenvalue weighted by Gasteiger charge is -2.38. The first-order chi connectivity index (χ1) is 15.3. The van der Waals surface area contributed by atoms with Crippen LogP contribution in [-0.2, 0) is 16.1 Å². The highest BCUT2D eigenvalue weighted by molar-refractivity contribution is 5.76. The smallest absolute Gasteiger partial charge is 0.343 e. The van der Waals surface area contributed by atoms with Gasteiger partial charge in [-0.2, -0.15) is 0 Å². The second kappa shape index (κ2) is 10.6. The Morgan fingerprint density at radius 3 is 1.81 bits per heavy atom. The van der Waals surface area contributed by atoms with Crippen molar-refractivity contribution in [2.24, 2.45) is 0 Å². The molecular weight excluding hydrogens is 401 g/mol. The average molecular weight is 434 g/mol. The fourth-order valence-electron chi connectivity index (χ4n) is 3.86. The fourth-order valence-corrected chi connectivity index (χ4v) is 3.86. The highest BCUT2D eigenvalue weighted by Crippen LogP contribution is 2.36. The lowest BCUT2D eigenvalue weighted by atomic mass is 9.95. The SMILES string of the molecule is C[C@@H](c1ccccc1)N(Cc1ccccc1)[C@@H](c1ccccc1)[C@H](F)C(=O)OC(C)(C)C. The van der Waals surface area contributed by atoms with Gasteiger partial charge in [-0.15, -0.1) is 0 Å². The van der Waals surface area contributed by atoms with E-state index in [1.54, 1.807) is 20.8 Å². The van der Waals surface area contributed by atoms with E-state index in [2.05, 4.69) is 11.8 Å². The predicted octanol–water partition coefficient (Wildman–Crippen LogP) is 6.67. The summed E-state index contributed by atoms with van der Waals surface area (Å²) in [6, 6.07) is 28.4. The second-order valence-electron chi connectivity index (χ2n) is 9.04. The van der Waals surface area contributed by atoms with Gasteiger partial charge in [-0.05, 0) is 44.4 Å². The molecule has 0 aliphatic carbocycles.